The number of nitrogens with one attached hydrogen (secondary N) is 1. The zero-order valence-electron chi connectivity index (χ0n) is 16.8. The summed E-state index contributed by atoms with van der Waals surface area (Å²) in [7, 11) is 0. The Balaban J connectivity index is 1.98. The van der Waals surface area contributed by atoms with Gasteiger partial charge in [0.05, 0.1) is 11.6 Å². The van der Waals surface area contributed by atoms with Gasteiger partial charge in [0.15, 0.2) is 0 Å². The second-order valence-corrected chi connectivity index (χ2v) is 8.96. The Morgan fingerprint density at radius 1 is 1.33 bits per heavy atom. The molecule has 4 rings (SSSR count). The maximum atomic E-state index is 15.2. The van der Waals surface area contributed by atoms with Gasteiger partial charge in [-0.3, -0.25) is 9.69 Å². The Morgan fingerprint density at radius 2 is 2.10 bits per heavy atom. The van der Waals surface area contributed by atoms with E-state index in [4.69, 9.17) is 23.2 Å². The first-order valence-corrected chi connectivity index (χ1v) is 10.6. The molecule has 1 saturated heterocycles. The van der Waals surface area contributed by atoms with Gasteiger partial charge in [-0.05, 0) is 44.0 Å². The van der Waals surface area contributed by atoms with Gasteiger partial charge in [-0.2, -0.15) is 0 Å². The van der Waals surface area contributed by atoms with Crippen LogP contribution in [0.5, 0.6) is 0 Å². The number of anilines is 1. The number of hydrogen-bond donors (Lipinski definition) is 2. The van der Waals surface area contributed by atoms with Crippen molar-refractivity contribution in [2.75, 3.05) is 18.5 Å². The number of rotatable bonds is 4. The summed E-state index contributed by atoms with van der Waals surface area (Å²) in [6.07, 6.45) is 2.43. The molecule has 0 aliphatic carbocycles. The molecule has 2 aromatic rings. The molecule has 2 N–H and O–H groups in total. The molecule has 2 aliphatic heterocycles. The van der Waals surface area contributed by atoms with Gasteiger partial charge in [0.1, 0.15) is 11.4 Å². The molecule has 3 atom stereocenters. The van der Waals surface area contributed by atoms with Gasteiger partial charge in [0.2, 0.25) is 5.91 Å². The number of carbonyl (C=O) groups is 1. The number of fused-ring (bicyclic) bond motifs is 2. The van der Waals surface area contributed by atoms with E-state index in [1.807, 2.05) is 30.9 Å². The van der Waals surface area contributed by atoms with Crippen molar-refractivity contribution in [3.8, 4) is 0 Å². The summed E-state index contributed by atoms with van der Waals surface area (Å²) in [5, 5.41) is 13.6. The van der Waals surface area contributed by atoms with Crippen LogP contribution in [0.25, 0.3) is 0 Å². The number of allylic oxidation sites excluding steroid dienone is 1. The third kappa shape index (κ3) is 3.16. The van der Waals surface area contributed by atoms with Crippen molar-refractivity contribution < 1.29 is 14.3 Å². The topological polar surface area (TPSA) is 52.6 Å². The Hall–Kier alpha value is -1.92. The summed E-state index contributed by atoms with van der Waals surface area (Å²) in [6.45, 7) is 4.26. The fraction of sp³-hybridized carbons (Fsp3) is 0.348. The highest BCUT2D eigenvalue weighted by atomic mass is 35.5. The van der Waals surface area contributed by atoms with Gasteiger partial charge < -0.3 is 10.4 Å². The highest BCUT2D eigenvalue weighted by molar-refractivity contribution is 6.31. The maximum Gasteiger partial charge on any atom is 0.250 e. The predicted molar refractivity (Wildman–Crippen MR) is 118 cm³/mol. The van der Waals surface area contributed by atoms with Gasteiger partial charge in [-0.25, -0.2) is 4.39 Å². The molecule has 2 heterocycles. The van der Waals surface area contributed by atoms with E-state index in [1.165, 1.54) is 6.07 Å². The third-order valence-electron chi connectivity index (χ3n) is 6.16. The molecule has 1 amide bonds. The van der Waals surface area contributed by atoms with Crippen LogP contribution in [0.4, 0.5) is 10.1 Å². The zero-order chi connectivity index (χ0) is 21.6. The van der Waals surface area contributed by atoms with Gasteiger partial charge in [-0.1, -0.05) is 53.1 Å². The molecule has 0 radical (unpaired) electrons. The number of benzene rings is 2. The summed E-state index contributed by atoms with van der Waals surface area (Å²) in [4.78, 5) is 15.6. The first kappa shape index (κ1) is 21.3. The van der Waals surface area contributed by atoms with Crippen molar-refractivity contribution in [3.05, 3.63) is 75.0 Å². The summed E-state index contributed by atoms with van der Waals surface area (Å²) < 4.78 is 15.2. The molecule has 2 aromatic carbocycles. The lowest BCUT2D eigenvalue weighted by molar-refractivity contribution is -0.127. The van der Waals surface area contributed by atoms with Crippen LogP contribution in [0.1, 0.15) is 37.3 Å². The van der Waals surface area contributed by atoms with E-state index in [1.54, 1.807) is 24.3 Å². The molecular formula is C23H23Cl2FN2O2. The highest BCUT2D eigenvalue weighted by Gasteiger charge is 2.62. The minimum atomic E-state index is -1.18. The first-order valence-electron chi connectivity index (χ1n) is 9.87. The van der Waals surface area contributed by atoms with Gasteiger partial charge in [0, 0.05) is 34.8 Å². The number of likely N-dealkylation sites (tertiary alicyclic amines) is 1. The summed E-state index contributed by atoms with van der Waals surface area (Å²) in [5.74, 6) is -1.30. The molecule has 30 heavy (non-hydrogen) atoms. The van der Waals surface area contributed by atoms with Gasteiger partial charge >= 0.3 is 0 Å². The van der Waals surface area contributed by atoms with Gasteiger partial charge in [0.25, 0.3) is 0 Å². The second-order valence-electron chi connectivity index (χ2n) is 8.11. The number of halogens is 3. The molecule has 7 heteroatoms. The SMILES string of the molecule is CC(C)=CCN1[C@@H](CO)C[C@H](c2cccc(Cl)c2F)[C@]12C(=O)Nc1cc(Cl)ccc12. The molecule has 1 fully saturated rings. The average Bonchev–Trinajstić information content (AvgIpc) is 3.17. The second kappa shape index (κ2) is 7.97. The fourth-order valence-electron chi connectivity index (χ4n) is 4.87. The predicted octanol–water partition coefficient (Wildman–Crippen LogP) is 5.10. The lowest BCUT2D eigenvalue weighted by atomic mass is 9.75. The van der Waals surface area contributed by atoms with Crippen molar-refractivity contribution in [3.63, 3.8) is 0 Å². The van der Waals surface area contributed by atoms with E-state index in [2.05, 4.69) is 5.32 Å². The standard InChI is InChI=1S/C23H23Cl2FN2O2/c1-13(2)8-9-28-15(12-29)11-18(16-4-3-5-19(25)21(16)26)23(28)17-7-6-14(24)10-20(17)27-22(23)30/h3-8,10,15,18,29H,9,11-12H2,1-2H3,(H,27,30)/t15-,18-,23-/m1/s1. The van der Waals surface area contributed by atoms with Crippen LogP contribution in [0.15, 0.2) is 48.0 Å². The van der Waals surface area contributed by atoms with Crippen LogP contribution in [0.3, 0.4) is 0 Å². The van der Waals surface area contributed by atoms with Crippen molar-refractivity contribution in [2.24, 2.45) is 0 Å². The number of hydrogen-bond acceptors (Lipinski definition) is 3. The van der Waals surface area contributed by atoms with E-state index in [9.17, 15) is 9.90 Å². The number of carbonyl (C=O) groups excluding carboxylic acids is 1. The van der Waals surface area contributed by atoms with Crippen LogP contribution in [-0.4, -0.2) is 35.1 Å². The van der Waals surface area contributed by atoms with E-state index in [-0.39, 0.29) is 23.6 Å². The molecule has 4 nitrogen and oxygen atoms in total. The monoisotopic (exact) mass is 448 g/mol. The summed E-state index contributed by atoms with van der Waals surface area (Å²) in [6, 6.07) is 9.80. The fourth-order valence-corrected chi connectivity index (χ4v) is 5.22. The molecule has 0 bridgehead atoms. The van der Waals surface area contributed by atoms with Crippen LogP contribution in [-0.2, 0) is 10.3 Å². The Bertz CT molecular complexity index is 1040. The molecule has 1 spiro atoms. The molecular weight excluding hydrogens is 426 g/mol. The number of aliphatic hydroxyl groups excluding tert-OH is 1. The number of aliphatic hydroxyl groups is 1. The van der Waals surface area contributed by atoms with Crippen LogP contribution >= 0.6 is 23.2 Å². The minimum absolute atomic E-state index is 0.0145. The normalized spacial score (nSPS) is 25.5. The number of amides is 1. The first-order chi connectivity index (χ1) is 14.3. The lowest BCUT2D eigenvalue weighted by Gasteiger charge is -2.39. The van der Waals surface area contributed by atoms with Crippen molar-refractivity contribution in [2.45, 2.75) is 37.8 Å². The lowest BCUT2D eigenvalue weighted by Crippen LogP contribution is -2.52. The molecule has 0 aromatic heterocycles. The molecule has 158 valence electrons. The van der Waals surface area contributed by atoms with E-state index in [0.717, 1.165) is 11.1 Å². The van der Waals surface area contributed by atoms with E-state index >= 15 is 4.39 Å². The molecule has 0 saturated carbocycles. The van der Waals surface area contributed by atoms with E-state index in [0.29, 0.717) is 29.2 Å². The van der Waals surface area contributed by atoms with Crippen molar-refractivity contribution in [1.29, 1.82) is 0 Å². The minimum Gasteiger partial charge on any atom is -0.395 e. The molecule has 0 unspecified atom stereocenters. The summed E-state index contributed by atoms with van der Waals surface area (Å²) in [5.41, 5.74) is 1.64. The largest absolute Gasteiger partial charge is 0.395 e. The zero-order valence-corrected chi connectivity index (χ0v) is 18.3. The van der Waals surface area contributed by atoms with Crippen LogP contribution in [0, 0.1) is 5.82 Å². The van der Waals surface area contributed by atoms with Crippen LogP contribution < -0.4 is 5.32 Å². The molecule has 2 aliphatic rings. The summed E-state index contributed by atoms with van der Waals surface area (Å²) >= 11 is 12.3. The van der Waals surface area contributed by atoms with Crippen molar-refractivity contribution in [1.82, 2.24) is 4.90 Å². The Morgan fingerprint density at radius 3 is 2.80 bits per heavy atom. The highest BCUT2D eigenvalue weighted by Crippen LogP contribution is 2.57. The Labute approximate surface area is 185 Å². The van der Waals surface area contributed by atoms with Gasteiger partial charge in [-0.15, -0.1) is 0 Å². The Kier molecular flexibility index (Phi) is 5.66. The van der Waals surface area contributed by atoms with E-state index < -0.39 is 17.3 Å². The smallest absolute Gasteiger partial charge is 0.250 e. The maximum absolute atomic E-state index is 15.2. The number of nitrogens with zero attached hydrogens (tertiary/aromatic N) is 1. The quantitative estimate of drug-likeness (QED) is 0.639. The van der Waals surface area contributed by atoms with Crippen molar-refractivity contribution >= 4 is 34.8 Å². The average molecular weight is 449 g/mol. The van der Waals surface area contributed by atoms with Crippen LogP contribution in [0.2, 0.25) is 10.0 Å². The third-order valence-corrected chi connectivity index (χ3v) is 6.68.